The number of halogens is 1. The molecule has 2 heterocycles. The van der Waals surface area contributed by atoms with Crippen LogP contribution in [0.1, 0.15) is 10.4 Å². The molecule has 1 fully saturated rings. The van der Waals surface area contributed by atoms with Crippen molar-refractivity contribution in [2.45, 2.75) is 0 Å². The lowest BCUT2D eigenvalue weighted by Gasteiger charge is -2.26. The lowest BCUT2D eigenvalue weighted by Crippen LogP contribution is -2.41. The van der Waals surface area contributed by atoms with Gasteiger partial charge in [-0.05, 0) is 36.4 Å². The monoisotopic (exact) mass is 361 g/mol. The lowest BCUT2D eigenvalue weighted by atomic mass is 10.2. The molecule has 25 heavy (non-hydrogen) atoms. The van der Waals surface area contributed by atoms with Crippen molar-refractivity contribution >= 4 is 17.5 Å². The summed E-state index contributed by atoms with van der Waals surface area (Å²) in [4.78, 5) is 18.9. The molecule has 0 radical (unpaired) electrons. The molecule has 0 aliphatic carbocycles. The minimum Gasteiger partial charge on any atom is -0.438 e. The fraction of sp³-hybridized carbons (Fsp3) is 0.333. The predicted molar refractivity (Wildman–Crippen MR) is 95.4 cm³/mol. The maximum absolute atomic E-state index is 12.5. The van der Waals surface area contributed by atoms with Crippen LogP contribution in [-0.2, 0) is 4.74 Å². The van der Waals surface area contributed by atoms with E-state index >= 15 is 0 Å². The number of amides is 1. The maximum Gasteiger partial charge on any atom is 0.256 e. The van der Waals surface area contributed by atoms with Crippen LogP contribution in [0, 0.1) is 0 Å². The molecule has 7 heteroatoms. The average molecular weight is 362 g/mol. The van der Waals surface area contributed by atoms with Crippen LogP contribution in [0.2, 0.25) is 5.02 Å². The highest BCUT2D eigenvalue weighted by Crippen LogP contribution is 2.24. The number of carbonyl (C=O) groups excluding carboxylic acids is 1. The third kappa shape index (κ3) is 5.16. The Morgan fingerprint density at radius 2 is 2.00 bits per heavy atom. The van der Waals surface area contributed by atoms with E-state index in [-0.39, 0.29) is 11.8 Å². The normalized spacial score (nSPS) is 14.9. The first-order valence-corrected chi connectivity index (χ1v) is 8.57. The number of benzene rings is 1. The summed E-state index contributed by atoms with van der Waals surface area (Å²) in [6.07, 6.45) is 1.59. The average Bonchev–Trinajstić information content (AvgIpc) is 2.65. The van der Waals surface area contributed by atoms with E-state index < -0.39 is 0 Å². The molecule has 0 unspecified atom stereocenters. The van der Waals surface area contributed by atoms with E-state index in [0.29, 0.717) is 22.9 Å². The number of carbonyl (C=O) groups is 1. The number of hydrogen-bond acceptors (Lipinski definition) is 5. The van der Waals surface area contributed by atoms with E-state index in [4.69, 9.17) is 21.1 Å². The van der Waals surface area contributed by atoms with Gasteiger partial charge in [-0.2, -0.15) is 0 Å². The molecular weight excluding hydrogens is 342 g/mol. The van der Waals surface area contributed by atoms with Crippen molar-refractivity contribution in [3.63, 3.8) is 0 Å². The highest BCUT2D eigenvalue weighted by molar-refractivity contribution is 6.30. The Labute approximate surface area is 151 Å². The largest absolute Gasteiger partial charge is 0.438 e. The van der Waals surface area contributed by atoms with Gasteiger partial charge < -0.3 is 14.8 Å². The summed E-state index contributed by atoms with van der Waals surface area (Å²) >= 11 is 5.87. The van der Waals surface area contributed by atoms with Crippen LogP contribution >= 0.6 is 11.6 Å². The van der Waals surface area contributed by atoms with Gasteiger partial charge in [0.2, 0.25) is 5.88 Å². The summed E-state index contributed by atoms with van der Waals surface area (Å²) in [5, 5.41) is 3.54. The topological polar surface area (TPSA) is 63.7 Å². The third-order valence-corrected chi connectivity index (χ3v) is 4.11. The molecule has 1 amide bonds. The summed E-state index contributed by atoms with van der Waals surface area (Å²) in [7, 11) is 0. The zero-order valence-electron chi connectivity index (χ0n) is 13.8. The van der Waals surface area contributed by atoms with Crippen molar-refractivity contribution in [1.82, 2.24) is 15.2 Å². The summed E-state index contributed by atoms with van der Waals surface area (Å²) < 4.78 is 11.0. The number of nitrogens with one attached hydrogen (secondary N) is 1. The molecule has 6 nitrogen and oxygen atoms in total. The molecule has 132 valence electrons. The fourth-order valence-electron chi connectivity index (χ4n) is 2.51. The van der Waals surface area contributed by atoms with Gasteiger partial charge in [-0.15, -0.1) is 0 Å². The fourth-order valence-corrected chi connectivity index (χ4v) is 2.63. The van der Waals surface area contributed by atoms with Crippen LogP contribution in [0.5, 0.6) is 11.6 Å². The van der Waals surface area contributed by atoms with Gasteiger partial charge in [0.1, 0.15) is 11.3 Å². The summed E-state index contributed by atoms with van der Waals surface area (Å²) in [5.41, 5.74) is 0.402. The van der Waals surface area contributed by atoms with Crippen molar-refractivity contribution in [3.8, 4) is 11.6 Å². The standard InChI is InChI=1S/C18H20ClN3O3/c19-14-3-5-15(6-4-14)25-18-16(2-1-7-21-18)17(23)20-8-9-22-10-12-24-13-11-22/h1-7H,8-13H2,(H,20,23). The molecule has 0 atom stereocenters. The third-order valence-electron chi connectivity index (χ3n) is 3.86. The molecule has 1 aliphatic heterocycles. The van der Waals surface area contributed by atoms with Gasteiger partial charge in [0.15, 0.2) is 0 Å². The molecule has 1 aromatic heterocycles. The van der Waals surface area contributed by atoms with Crippen LogP contribution in [0.3, 0.4) is 0 Å². The van der Waals surface area contributed by atoms with Gasteiger partial charge in [0, 0.05) is 37.4 Å². The van der Waals surface area contributed by atoms with Crippen LogP contribution in [0.15, 0.2) is 42.6 Å². The second-order valence-corrected chi connectivity index (χ2v) is 6.06. The molecule has 1 N–H and O–H groups in total. The summed E-state index contributed by atoms with van der Waals surface area (Å²) in [6.45, 7) is 4.64. The summed E-state index contributed by atoms with van der Waals surface area (Å²) in [6, 6.07) is 10.3. The number of ether oxygens (including phenoxy) is 2. The first-order valence-electron chi connectivity index (χ1n) is 8.19. The van der Waals surface area contributed by atoms with Gasteiger partial charge in [0.05, 0.1) is 13.2 Å². The number of nitrogens with zero attached hydrogens (tertiary/aromatic N) is 2. The Bertz CT molecular complexity index is 703. The van der Waals surface area contributed by atoms with E-state index in [1.807, 2.05) is 0 Å². The van der Waals surface area contributed by atoms with Gasteiger partial charge >= 0.3 is 0 Å². The van der Waals surface area contributed by atoms with Crippen LogP contribution < -0.4 is 10.1 Å². The highest BCUT2D eigenvalue weighted by atomic mass is 35.5. The predicted octanol–water partition coefficient (Wildman–Crippen LogP) is 2.59. The van der Waals surface area contributed by atoms with E-state index in [0.717, 1.165) is 32.8 Å². The smallest absolute Gasteiger partial charge is 0.256 e. The molecule has 0 saturated carbocycles. The van der Waals surface area contributed by atoms with Crippen LogP contribution in [0.4, 0.5) is 0 Å². The van der Waals surface area contributed by atoms with E-state index in [9.17, 15) is 4.79 Å². The Hall–Kier alpha value is -2.15. The van der Waals surface area contributed by atoms with E-state index in [1.54, 1.807) is 42.6 Å². The molecule has 1 saturated heterocycles. The first kappa shape index (κ1) is 17.7. The Morgan fingerprint density at radius 1 is 1.24 bits per heavy atom. The zero-order chi connectivity index (χ0) is 17.5. The summed E-state index contributed by atoms with van der Waals surface area (Å²) in [5.74, 6) is 0.643. The van der Waals surface area contributed by atoms with Gasteiger partial charge in [-0.3, -0.25) is 9.69 Å². The van der Waals surface area contributed by atoms with E-state index in [1.165, 1.54) is 0 Å². The Kier molecular flexibility index (Phi) is 6.22. The minimum absolute atomic E-state index is 0.203. The molecular formula is C18H20ClN3O3. The van der Waals surface area contributed by atoms with Gasteiger partial charge in [-0.25, -0.2) is 4.98 Å². The number of aromatic nitrogens is 1. The number of pyridine rings is 1. The van der Waals surface area contributed by atoms with Crippen molar-refractivity contribution < 1.29 is 14.3 Å². The molecule has 2 aromatic rings. The highest BCUT2D eigenvalue weighted by Gasteiger charge is 2.15. The number of hydrogen-bond donors (Lipinski definition) is 1. The van der Waals surface area contributed by atoms with Crippen LogP contribution in [0.25, 0.3) is 0 Å². The molecule has 1 aromatic carbocycles. The van der Waals surface area contributed by atoms with Crippen LogP contribution in [-0.4, -0.2) is 55.2 Å². The Morgan fingerprint density at radius 3 is 2.76 bits per heavy atom. The quantitative estimate of drug-likeness (QED) is 0.856. The minimum atomic E-state index is -0.203. The second kappa shape index (κ2) is 8.80. The zero-order valence-corrected chi connectivity index (χ0v) is 14.5. The second-order valence-electron chi connectivity index (χ2n) is 5.62. The first-order chi connectivity index (χ1) is 12.2. The van der Waals surface area contributed by atoms with Gasteiger partial charge in [-0.1, -0.05) is 11.6 Å². The molecule has 0 spiro atoms. The molecule has 3 rings (SSSR count). The number of rotatable bonds is 6. The number of morpholine rings is 1. The lowest BCUT2D eigenvalue weighted by molar-refractivity contribution is 0.0383. The maximum atomic E-state index is 12.5. The van der Waals surface area contributed by atoms with Gasteiger partial charge in [0.25, 0.3) is 5.91 Å². The van der Waals surface area contributed by atoms with Crippen molar-refractivity contribution in [2.24, 2.45) is 0 Å². The van der Waals surface area contributed by atoms with Crippen molar-refractivity contribution in [2.75, 3.05) is 39.4 Å². The van der Waals surface area contributed by atoms with Crippen molar-refractivity contribution in [1.29, 1.82) is 0 Å². The molecule has 1 aliphatic rings. The molecule has 0 bridgehead atoms. The SMILES string of the molecule is O=C(NCCN1CCOCC1)c1cccnc1Oc1ccc(Cl)cc1. The van der Waals surface area contributed by atoms with Crippen molar-refractivity contribution in [3.05, 3.63) is 53.2 Å². The Balaban J connectivity index is 1.59. The van der Waals surface area contributed by atoms with E-state index in [2.05, 4.69) is 15.2 Å².